The van der Waals surface area contributed by atoms with E-state index in [1.165, 1.54) is 24.2 Å². The van der Waals surface area contributed by atoms with Gasteiger partial charge in [0.15, 0.2) is 0 Å². The molecule has 1 amide bonds. The van der Waals surface area contributed by atoms with Crippen molar-refractivity contribution in [1.82, 2.24) is 9.88 Å². The number of carbonyl (C=O) groups excluding carboxylic acids is 1. The van der Waals surface area contributed by atoms with E-state index >= 15 is 0 Å². The Morgan fingerprint density at radius 3 is 2.62 bits per heavy atom. The van der Waals surface area contributed by atoms with E-state index in [4.69, 9.17) is 4.74 Å². The normalized spacial score (nSPS) is 14.1. The van der Waals surface area contributed by atoms with Gasteiger partial charge in [-0.15, -0.1) is 0 Å². The molecule has 1 aliphatic carbocycles. The molecule has 0 spiro atoms. The van der Waals surface area contributed by atoms with E-state index in [9.17, 15) is 4.79 Å². The summed E-state index contributed by atoms with van der Waals surface area (Å²) < 4.78 is 7.51. The summed E-state index contributed by atoms with van der Waals surface area (Å²) in [5, 5.41) is 2.91. The predicted octanol–water partition coefficient (Wildman–Crippen LogP) is 3.78. The van der Waals surface area contributed by atoms with E-state index in [2.05, 4.69) is 29.8 Å². The maximum Gasteiger partial charge on any atom is 0.244 e. The molecule has 4 heteroatoms. The molecule has 1 aliphatic rings. The van der Waals surface area contributed by atoms with Crippen LogP contribution in [0.5, 0.6) is 5.75 Å². The number of nitrogens with zero attached hydrogens (tertiary/aromatic N) is 1. The number of nitrogens with one attached hydrogen (secondary N) is 1. The molecule has 24 heavy (non-hydrogen) atoms. The first-order chi connectivity index (χ1) is 11.6. The van der Waals surface area contributed by atoms with Crippen LogP contribution >= 0.6 is 0 Å². The van der Waals surface area contributed by atoms with Crippen LogP contribution in [-0.4, -0.2) is 17.6 Å². The minimum Gasteiger partial charge on any atom is -0.497 e. The van der Waals surface area contributed by atoms with Crippen LogP contribution in [0.2, 0.25) is 0 Å². The second-order valence-corrected chi connectivity index (χ2v) is 6.33. The van der Waals surface area contributed by atoms with Crippen LogP contribution in [0, 0.1) is 13.8 Å². The number of hydrogen-bond donors (Lipinski definition) is 1. The first kappa shape index (κ1) is 16.4. The lowest BCUT2D eigenvalue weighted by Gasteiger charge is -2.06. The number of rotatable bonds is 6. The van der Waals surface area contributed by atoms with Gasteiger partial charge in [0.05, 0.1) is 7.11 Å². The van der Waals surface area contributed by atoms with Crippen molar-refractivity contribution in [2.24, 2.45) is 0 Å². The number of amides is 1. The van der Waals surface area contributed by atoms with Gasteiger partial charge >= 0.3 is 0 Å². The zero-order chi connectivity index (χ0) is 17.1. The highest BCUT2D eigenvalue weighted by Crippen LogP contribution is 2.38. The van der Waals surface area contributed by atoms with E-state index in [1.54, 1.807) is 13.2 Å². The molecule has 2 aromatic rings. The van der Waals surface area contributed by atoms with Crippen molar-refractivity contribution in [1.29, 1.82) is 0 Å². The number of methoxy groups -OCH3 is 1. The van der Waals surface area contributed by atoms with Crippen molar-refractivity contribution in [2.45, 2.75) is 39.3 Å². The fourth-order valence-corrected chi connectivity index (χ4v) is 3.02. The van der Waals surface area contributed by atoms with Gasteiger partial charge < -0.3 is 14.6 Å². The third-order valence-electron chi connectivity index (χ3n) is 4.48. The van der Waals surface area contributed by atoms with Crippen LogP contribution in [0.25, 0.3) is 6.08 Å². The van der Waals surface area contributed by atoms with Gasteiger partial charge in [-0.05, 0) is 62.1 Å². The lowest BCUT2D eigenvalue weighted by Crippen LogP contribution is -2.20. The SMILES string of the molecule is COc1ccc(CNC(=O)/C=C/c2cc(C)n(C3CC3)c2C)cc1. The second kappa shape index (κ2) is 6.95. The standard InChI is InChI=1S/C20H24N2O2/c1-14-12-17(15(2)22(14)18-7-8-18)6-11-20(23)21-13-16-4-9-19(24-3)10-5-16/h4-6,9-12,18H,7-8,13H2,1-3H3,(H,21,23)/b11-6+. The first-order valence-electron chi connectivity index (χ1n) is 8.35. The monoisotopic (exact) mass is 324 g/mol. The van der Waals surface area contributed by atoms with E-state index in [0.717, 1.165) is 16.9 Å². The molecular formula is C20H24N2O2. The van der Waals surface area contributed by atoms with Crippen molar-refractivity contribution in [3.63, 3.8) is 0 Å². The minimum absolute atomic E-state index is 0.0814. The van der Waals surface area contributed by atoms with Crippen LogP contribution in [0.3, 0.4) is 0 Å². The highest BCUT2D eigenvalue weighted by molar-refractivity contribution is 5.91. The Bertz CT molecular complexity index is 753. The van der Waals surface area contributed by atoms with Crippen molar-refractivity contribution in [2.75, 3.05) is 7.11 Å². The zero-order valence-electron chi connectivity index (χ0n) is 14.5. The zero-order valence-corrected chi connectivity index (χ0v) is 14.5. The molecule has 1 aromatic heterocycles. The average Bonchev–Trinajstić information content (AvgIpc) is 3.37. The Kier molecular flexibility index (Phi) is 4.74. The number of hydrogen-bond acceptors (Lipinski definition) is 2. The highest BCUT2D eigenvalue weighted by Gasteiger charge is 2.26. The summed E-state index contributed by atoms with van der Waals surface area (Å²) in [7, 11) is 1.64. The summed E-state index contributed by atoms with van der Waals surface area (Å²) in [6.45, 7) is 4.76. The highest BCUT2D eigenvalue weighted by atomic mass is 16.5. The summed E-state index contributed by atoms with van der Waals surface area (Å²) in [5.74, 6) is 0.734. The Morgan fingerprint density at radius 2 is 2.00 bits per heavy atom. The largest absolute Gasteiger partial charge is 0.497 e. The van der Waals surface area contributed by atoms with Gasteiger partial charge in [-0.25, -0.2) is 0 Å². The second-order valence-electron chi connectivity index (χ2n) is 6.33. The van der Waals surface area contributed by atoms with E-state index in [-0.39, 0.29) is 5.91 Å². The Balaban J connectivity index is 1.58. The minimum atomic E-state index is -0.0814. The third kappa shape index (κ3) is 3.70. The average molecular weight is 324 g/mol. The molecular weight excluding hydrogens is 300 g/mol. The van der Waals surface area contributed by atoms with Crippen molar-refractivity contribution >= 4 is 12.0 Å². The van der Waals surface area contributed by atoms with Gasteiger partial charge in [-0.1, -0.05) is 12.1 Å². The van der Waals surface area contributed by atoms with E-state index < -0.39 is 0 Å². The number of aromatic nitrogens is 1. The predicted molar refractivity (Wildman–Crippen MR) is 96.1 cm³/mol. The van der Waals surface area contributed by atoms with Gasteiger partial charge in [-0.2, -0.15) is 0 Å². The number of carbonyl (C=O) groups is 1. The third-order valence-corrected chi connectivity index (χ3v) is 4.48. The van der Waals surface area contributed by atoms with Gasteiger partial charge in [0.2, 0.25) is 5.91 Å². The molecule has 1 aromatic carbocycles. The molecule has 4 nitrogen and oxygen atoms in total. The summed E-state index contributed by atoms with van der Waals surface area (Å²) in [5.41, 5.74) is 4.69. The number of aryl methyl sites for hydroxylation is 1. The summed E-state index contributed by atoms with van der Waals surface area (Å²) in [4.78, 5) is 12.0. The van der Waals surface area contributed by atoms with Crippen molar-refractivity contribution in [3.8, 4) is 5.75 Å². The van der Waals surface area contributed by atoms with Gasteiger partial charge in [-0.3, -0.25) is 4.79 Å². The van der Waals surface area contributed by atoms with Crippen molar-refractivity contribution < 1.29 is 9.53 Å². The first-order valence-corrected chi connectivity index (χ1v) is 8.35. The van der Waals surface area contributed by atoms with Crippen LogP contribution in [-0.2, 0) is 11.3 Å². The van der Waals surface area contributed by atoms with Gasteiger partial charge in [0, 0.05) is 30.1 Å². The van der Waals surface area contributed by atoms with Crippen LogP contribution in [0.15, 0.2) is 36.4 Å². The van der Waals surface area contributed by atoms with Crippen molar-refractivity contribution in [3.05, 3.63) is 58.9 Å². The maximum atomic E-state index is 12.0. The molecule has 3 rings (SSSR count). The smallest absolute Gasteiger partial charge is 0.244 e. The molecule has 0 saturated heterocycles. The Hall–Kier alpha value is -2.49. The molecule has 1 N–H and O–H groups in total. The van der Waals surface area contributed by atoms with Crippen LogP contribution in [0.4, 0.5) is 0 Å². The van der Waals surface area contributed by atoms with Crippen LogP contribution in [0.1, 0.15) is 41.4 Å². The number of benzene rings is 1. The quantitative estimate of drug-likeness (QED) is 0.822. The molecule has 0 unspecified atom stereocenters. The number of ether oxygens (including phenoxy) is 1. The fraction of sp³-hybridized carbons (Fsp3) is 0.350. The molecule has 0 aliphatic heterocycles. The topological polar surface area (TPSA) is 43.3 Å². The summed E-state index contributed by atoms with van der Waals surface area (Å²) in [6, 6.07) is 10.5. The Labute approximate surface area is 143 Å². The molecule has 1 heterocycles. The van der Waals surface area contributed by atoms with Crippen LogP contribution < -0.4 is 10.1 Å². The van der Waals surface area contributed by atoms with E-state index in [0.29, 0.717) is 12.6 Å². The molecule has 0 radical (unpaired) electrons. The van der Waals surface area contributed by atoms with Gasteiger partial charge in [0.1, 0.15) is 5.75 Å². The molecule has 0 atom stereocenters. The molecule has 126 valence electrons. The molecule has 1 fully saturated rings. The lowest BCUT2D eigenvalue weighted by atomic mass is 10.2. The summed E-state index contributed by atoms with van der Waals surface area (Å²) >= 11 is 0. The lowest BCUT2D eigenvalue weighted by molar-refractivity contribution is -0.116. The fourth-order valence-electron chi connectivity index (χ4n) is 3.02. The summed E-state index contributed by atoms with van der Waals surface area (Å²) in [6.07, 6.45) is 6.05. The van der Waals surface area contributed by atoms with Gasteiger partial charge in [0.25, 0.3) is 0 Å². The maximum absolute atomic E-state index is 12.0. The van der Waals surface area contributed by atoms with E-state index in [1.807, 2.05) is 30.3 Å². The Morgan fingerprint density at radius 1 is 1.29 bits per heavy atom. The molecule has 0 bridgehead atoms. The molecule has 1 saturated carbocycles.